The molecule has 2 saturated heterocycles. The molecule has 4 rings (SSSR count). The van der Waals surface area contributed by atoms with Crippen LogP contribution in [0.25, 0.3) is 11.1 Å². The van der Waals surface area contributed by atoms with Crippen LogP contribution in [0.3, 0.4) is 0 Å². The molecular formula is C21H29N5O. The number of nitrogens with one attached hydrogen (secondary N) is 1. The van der Waals surface area contributed by atoms with Gasteiger partial charge in [0.1, 0.15) is 5.82 Å². The van der Waals surface area contributed by atoms with Gasteiger partial charge >= 0.3 is 0 Å². The zero-order valence-electron chi connectivity index (χ0n) is 16.5. The predicted molar refractivity (Wildman–Crippen MR) is 109 cm³/mol. The summed E-state index contributed by atoms with van der Waals surface area (Å²) in [6.07, 6.45) is 2.79. The van der Waals surface area contributed by atoms with Gasteiger partial charge in [-0.15, -0.1) is 0 Å². The van der Waals surface area contributed by atoms with Gasteiger partial charge < -0.3 is 14.8 Å². The van der Waals surface area contributed by atoms with Gasteiger partial charge in [0.05, 0.1) is 5.69 Å². The molecule has 2 aliphatic heterocycles. The number of aromatic nitrogens is 2. The Morgan fingerprint density at radius 3 is 2.89 bits per heavy atom. The van der Waals surface area contributed by atoms with E-state index in [1.807, 2.05) is 26.2 Å². The molecule has 0 spiro atoms. The van der Waals surface area contributed by atoms with E-state index >= 15 is 0 Å². The lowest BCUT2D eigenvalue weighted by Crippen LogP contribution is -2.61. The maximum atomic E-state index is 12.0. The Balaban J connectivity index is 1.63. The van der Waals surface area contributed by atoms with Crippen LogP contribution in [0.1, 0.15) is 18.2 Å². The summed E-state index contributed by atoms with van der Waals surface area (Å²) in [6.45, 7) is 10.5. The van der Waals surface area contributed by atoms with Gasteiger partial charge in [0, 0.05) is 75.2 Å². The maximum Gasteiger partial charge on any atom is 0.253 e. The van der Waals surface area contributed by atoms with Crippen LogP contribution in [0.15, 0.2) is 29.2 Å². The number of anilines is 1. The van der Waals surface area contributed by atoms with Crippen molar-refractivity contribution in [3.8, 4) is 11.1 Å². The van der Waals surface area contributed by atoms with Gasteiger partial charge in [-0.2, -0.15) is 0 Å². The van der Waals surface area contributed by atoms with Crippen LogP contribution in [-0.4, -0.2) is 59.8 Å². The molecular weight excluding hydrogens is 338 g/mol. The molecule has 1 unspecified atom stereocenters. The molecule has 0 aromatic carbocycles. The topological polar surface area (TPSA) is 53.4 Å². The molecule has 1 atom stereocenters. The van der Waals surface area contributed by atoms with Crippen LogP contribution in [0.2, 0.25) is 0 Å². The van der Waals surface area contributed by atoms with Gasteiger partial charge in [-0.1, -0.05) is 6.92 Å². The summed E-state index contributed by atoms with van der Waals surface area (Å²) in [4.78, 5) is 22.0. The highest BCUT2D eigenvalue weighted by Crippen LogP contribution is 2.27. The Hall–Kier alpha value is -2.18. The summed E-state index contributed by atoms with van der Waals surface area (Å²) in [5, 5.41) is 3.51. The molecule has 0 amide bonds. The van der Waals surface area contributed by atoms with E-state index in [-0.39, 0.29) is 5.56 Å². The lowest BCUT2D eigenvalue weighted by atomic mass is 10.0. The number of rotatable bonds is 3. The maximum absolute atomic E-state index is 12.0. The third kappa shape index (κ3) is 3.51. The van der Waals surface area contributed by atoms with Gasteiger partial charge in [0.2, 0.25) is 0 Å². The van der Waals surface area contributed by atoms with Crippen LogP contribution in [-0.2, 0) is 13.5 Å². The van der Waals surface area contributed by atoms with E-state index in [2.05, 4.69) is 34.2 Å². The van der Waals surface area contributed by atoms with Crippen molar-refractivity contribution in [2.24, 2.45) is 7.05 Å². The number of piperazine rings is 2. The molecule has 2 aromatic heterocycles. The third-order valence-corrected chi connectivity index (χ3v) is 5.85. The summed E-state index contributed by atoms with van der Waals surface area (Å²) in [5.74, 6) is 1.07. The molecule has 2 fully saturated rings. The molecule has 0 saturated carbocycles. The second-order valence-corrected chi connectivity index (χ2v) is 7.69. The molecule has 0 radical (unpaired) electrons. The number of hydrogen-bond acceptors (Lipinski definition) is 5. The number of pyridine rings is 2. The Morgan fingerprint density at radius 1 is 1.26 bits per heavy atom. The Labute approximate surface area is 160 Å². The van der Waals surface area contributed by atoms with Crippen LogP contribution in [0.4, 0.5) is 5.82 Å². The van der Waals surface area contributed by atoms with Gasteiger partial charge in [-0.05, 0) is 31.5 Å². The minimum atomic E-state index is 0.0559. The molecule has 144 valence electrons. The fourth-order valence-electron chi connectivity index (χ4n) is 4.30. The highest BCUT2D eigenvalue weighted by molar-refractivity contribution is 5.67. The summed E-state index contributed by atoms with van der Waals surface area (Å²) in [5.41, 5.74) is 4.10. The normalized spacial score (nSPS) is 20.6. The Bertz CT molecular complexity index is 864. The minimum Gasteiger partial charge on any atom is -0.354 e. The van der Waals surface area contributed by atoms with E-state index in [9.17, 15) is 4.79 Å². The van der Waals surface area contributed by atoms with E-state index in [0.717, 1.165) is 73.9 Å². The lowest BCUT2D eigenvalue weighted by molar-refractivity contribution is 0.145. The van der Waals surface area contributed by atoms with Crippen LogP contribution >= 0.6 is 0 Å². The first-order valence-electron chi connectivity index (χ1n) is 9.94. The van der Waals surface area contributed by atoms with Crippen molar-refractivity contribution in [2.45, 2.75) is 26.3 Å². The fraction of sp³-hybridized carbons (Fsp3) is 0.524. The average molecular weight is 367 g/mol. The zero-order chi connectivity index (χ0) is 19.0. The minimum absolute atomic E-state index is 0.0559. The van der Waals surface area contributed by atoms with E-state index in [1.54, 1.807) is 4.57 Å². The first-order chi connectivity index (χ1) is 13.1. The highest BCUT2D eigenvalue weighted by atomic mass is 16.1. The first-order valence-corrected chi connectivity index (χ1v) is 9.94. The molecule has 4 heterocycles. The Kier molecular flexibility index (Phi) is 5.02. The summed E-state index contributed by atoms with van der Waals surface area (Å²) >= 11 is 0. The predicted octanol–water partition coefficient (Wildman–Crippen LogP) is 1.41. The lowest BCUT2D eigenvalue weighted by Gasteiger charge is -2.44. The smallest absolute Gasteiger partial charge is 0.253 e. The molecule has 6 nitrogen and oxygen atoms in total. The van der Waals surface area contributed by atoms with Crippen molar-refractivity contribution < 1.29 is 0 Å². The Morgan fingerprint density at radius 2 is 2.11 bits per heavy atom. The van der Waals surface area contributed by atoms with Crippen molar-refractivity contribution in [1.29, 1.82) is 0 Å². The van der Waals surface area contributed by atoms with Crippen LogP contribution in [0.5, 0.6) is 0 Å². The number of nitrogens with zero attached hydrogens (tertiary/aromatic N) is 4. The van der Waals surface area contributed by atoms with Crippen LogP contribution in [0, 0.1) is 6.92 Å². The summed E-state index contributed by atoms with van der Waals surface area (Å²) in [6, 6.07) is 6.86. The van der Waals surface area contributed by atoms with Crippen molar-refractivity contribution in [3.05, 3.63) is 46.0 Å². The molecule has 0 bridgehead atoms. The summed E-state index contributed by atoms with van der Waals surface area (Å²) < 4.78 is 1.66. The van der Waals surface area contributed by atoms with Gasteiger partial charge in [0.25, 0.3) is 5.56 Å². The van der Waals surface area contributed by atoms with Crippen molar-refractivity contribution in [2.75, 3.05) is 44.2 Å². The second kappa shape index (κ2) is 7.44. The number of hydrogen-bond donors (Lipinski definition) is 1. The van der Waals surface area contributed by atoms with Crippen molar-refractivity contribution in [1.82, 2.24) is 19.8 Å². The number of fused-ring (bicyclic) bond motifs is 1. The third-order valence-electron chi connectivity index (χ3n) is 5.85. The van der Waals surface area contributed by atoms with E-state index < -0.39 is 0 Å². The fourth-order valence-corrected chi connectivity index (χ4v) is 4.30. The quantitative estimate of drug-likeness (QED) is 0.889. The molecule has 6 heteroatoms. The SMILES string of the molecule is CCc1nc(N2CCN3CCNCC3C2)ccc1-c1cc(C)c(=O)n(C)c1. The van der Waals surface area contributed by atoms with Crippen molar-refractivity contribution >= 4 is 5.82 Å². The van der Waals surface area contributed by atoms with E-state index in [4.69, 9.17) is 4.98 Å². The van der Waals surface area contributed by atoms with Gasteiger partial charge in [0.15, 0.2) is 0 Å². The molecule has 2 aliphatic rings. The summed E-state index contributed by atoms with van der Waals surface area (Å²) in [7, 11) is 1.81. The second-order valence-electron chi connectivity index (χ2n) is 7.69. The van der Waals surface area contributed by atoms with Gasteiger partial charge in [-0.25, -0.2) is 4.98 Å². The first kappa shape index (κ1) is 18.2. The van der Waals surface area contributed by atoms with Crippen molar-refractivity contribution in [3.63, 3.8) is 0 Å². The zero-order valence-corrected chi connectivity index (χ0v) is 16.5. The molecule has 2 aromatic rings. The van der Waals surface area contributed by atoms with E-state index in [0.29, 0.717) is 6.04 Å². The molecule has 1 N–H and O–H groups in total. The highest BCUT2D eigenvalue weighted by Gasteiger charge is 2.29. The number of aryl methyl sites for hydroxylation is 3. The molecule has 27 heavy (non-hydrogen) atoms. The average Bonchev–Trinajstić information content (AvgIpc) is 2.70. The largest absolute Gasteiger partial charge is 0.354 e. The van der Waals surface area contributed by atoms with E-state index in [1.165, 1.54) is 0 Å². The van der Waals surface area contributed by atoms with Gasteiger partial charge in [-0.3, -0.25) is 9.69 Å². The molecule has 0 aliphatic carbocycles. The standard InChI is InChI=1S/C21H29N5O/c1-4-19-18(16-11-15(2)21(27)24(3)13-16)5-6-20(23-19)26-10-9-25-8-7-22-12-17(25)14-26/h5-6,11,13,17,22H,4,7-10,12,14H2,1-3H3. The monoisotopic (exact) mass is 367 g/mol. The van der Waals surface area contributed by atoms with Crippen LogP contribution < -0.4 is 15.8 Å².